The van der Waals surface area contributed by atoms with E-state index in [-0.39, 0.29) is 18.6 Å². The molecule has 0 saturated carbocycles. The first-order chi connectivity index (χ1) is 8.85. The molecule has 3 nitrogen and oxygen atoms in total. The minimum Gasteiger partial charge on any atom is -0.497 e. The normalized spacial score (nSPS) is 11.2. The first-order valence-corrected chi connectivity index (χ1v) is 5.68. The van der Waals surface area contributed by atoms with Crippen LogP contribution >= 0.6 is 0 Å². The number of benzene rings is 1. The SMILES string of the molecule is COc1cc(OC)cc(C(=O)CCCC(F)(F)F)c1. The van der Waals surface area contributed by atoms with E-state index in [1.807, 2.05) is 0 Å². The molecule has 1 aromatic rings. The summed E-state index contributed by atoms with van der Waals surface area (Å²) in [6.45, 7) is 0. The van der Waals surface area contributed by atoms with Gasteiger partial charge in [0.15, 0.2) is 5.78 Å². The predicted molar refractivity (Wildman–Crippen MR) is 63.8 cm³/mol. The third-order valence-corrected chi connectivity index (χ3v) is 2.54. The molecule has 1 aromatic carbocycles. The summed E-state index contributed by atoms with van der Waals surface area (Å²) >= 11 is 0. The number of alkyl halides is 3. The molecule has 0 aliphatic heterocycles. The van der Waals surface area contributed by atoms with Gasteiger partial charge in [-0.15, -0.1) is 0 Å². The number of methoxy groups -OCH3 is 2. The minimum absolute atomic E-state index is 0.157. The molecule has 0 atom stereocenters. The molecule has 0 fully saturated rings. The summed E-state index contributed by atoms with van der Waals surface area (Å²) in [5.41, 5.74) is 0.290. The highest BCUT2D eigenvalue weighted by atomic mass is 19.4. The van der Waals surface area contributed by atoms with Crippen LogP contribution in [-0.2, 0) is 0 Å². The van der Waals surface area contributed by atoms with Crippen LogP contribution in [0.2, 0.25) is 0 Å². The Hall–Kier alpha value is -1.72. The van der Waals surface area contributed by atoms with Crippen molar-refractivity contribution in [3.63, 3.8) is 0 Å². The summed E-state index contributed by atoms with van der Waals surface area (Å²) in [7, 11) is 2.87. The van der Waals surface area contributed by atoms with Gasteiger partial charge in [-0.25, -0.2) is 0 Å². The van der Waals surface area contributed by atoms with E-state index >= 15 is 0 Å². The molecule has 0 unspecified atom stereocenters. The first kappa shape index (κ1) is 15.3. The number of ketones is 1. The summed E-state index contributed by atoms with van der Waals surface area (Å²) in [5, 5.41) is 0. The lowest BCUT2D eigenvalue weighted by Gasteiger charge is -2.08. The van der Waals surface area contributed by atoms with Crippen molar-refractivity contribution in [2.45, 2.75) is 25.4 Å². The number of hydrogen-bond donors (Lipinski definition) is 0. The van der Waals surface area contributed by atoms with Gasteiger partial charge in [0.05, 0.1) is 14.2 Å². The predicted octanol–water partition coefficient (Wildman–Crippen LogP) is 3.62. The number of carbonyl (C=O) groups is 1. The molecule has 6 heteroatoms. The molecular formula is C13H15F3O3. The zero-order valence-corrected chi connectivity index (χ0v) is 10.7. The van der Waals surface area contributed by atoms with Crippen molar-refractivity contribution in [2.24, 2.45) is 0 Å². The summed E-state index contributed by atoms with van der Waals surface area (Å²) in [6.07, 6.45) is -5.57. The number of Topliss-reactive ketones (excluding diaryl/α,β-unsaturated/α-hetero) is 1. The lowest BCUT2D eigenvalue weighted by atomic mass is 10.0. The molecule has 0 aliphatic carbocycles. The Labute approximate surface area is 109 Å². The zero-order chi connectivity index (χ0) is 14.5. The summed E-state index contributed by atoms with van der Waals surface area (Å²) in [5.74, 6) is 0.499. The standard InChI is InChI=1S/C13H15F3O3/c1-18-10-6-9(7-11(8-10)19-2)12(17)4-3-5-13(14,15)16/h6-8H,3-5H2,1-2H3. The average molecular weight is 276 g/mol. The maximum absolute atomic E-state index is 12.0. The van der Waals surface area contributed by atoms with Crippen LogP contribution in [0, 0.1) is 0 Å². The molecule has 0 spiro atoms. The second-order valence-electron chi connectivity index (χ2n) is 3.99. The summed E-state index contributed by atoms with van der Waals surface area (Å²) in [6, 6.07) is 4.56. The molecule has 0 aromatic heterocycles. The molecule has 0 N–H and O–H groups in total. The average Bonchev–Trinajstić information content (AvgIpc) is 2.36. The Morgan fingerprint density at radius 3 is 2.05 bits per heavy atom. The molecule has 0 amide bonds. The Morgan fingerprint density at radius 1 is 1.11 bits per heavy atom. The second kappa shape index (κ2) is 6.45. The Morgan fingerprint density at radius 2 is 1.63 bits per heavy atom. The van der Waals surface area contributed by atoms with E-state index in [0.29, 0.717) is 17.1 Å². The number of ether oxygens (including phenoxy) is 2. The van der Waals surface area contributed by atoms with Crippen LogP contribution in [0.25, 0.3) is 0 Å². The monoisotopic (exact) mass is 276 g/mol. The Kier molecular flexibility index (Phi) is 5.20. The van der Waals surface area contributed by atoms with Crippen molar-refractivity contribution in [1.29, 1.82) is 0 Å². The van der Waals surface area contributed by atoms with Crippen molar-refractivity contribution in [3.8, 4) is 11.5 Å². The van der Waals surface area contributed by atoms with Crippen LogP contribution in [0.4, 0.5) is 13.2 Å². The maximum Gasteiger partial charge on any atom is 0.389 e. The van der Waals surface area contributed by atoms with Gasteiger partial charge in [-0.2, -0.15) is 13.2 Å². The van der Waals surface area contributed by atoms with Gasteiger partial charge in [0.25, 0.3) is 0 Å². The van der Waals surface area contributed by atoms with E-state index in [4.69, 9.17) is 9.47 Å². The smallest absolute Gasteiger partial charge is 0.389 e. The minimum atomic E-state index is -4.23. The van der Waals surface area contributed by atoms with E-state index in [1.54, 1.807) is 6.07 Å². The van der Waals surface area contributed by atoms with E-state index in [1.165, 1.54) is 26.4 Å². The quantitative estimate of drug-likeness (QED) is 0.744. The Balaban J connectivity index is 2.71. The molecule has 0 radical (unpaired) electrons. The van der Waals surface area contributed by atoms with Crippen LogP contribution in [-0.4, -0.2) is 26.2 Å². The van der Waals surface area contributed by atoms with Gasteiger partial charge in [0.1, 0.15) is 11.5 Å². The van der Waals surface area contributed by atoms with Gasteiger partial charge >= 0.3 is 6.18 Å². The third kappa shape index (κ3) is 5.19. The fourth-order valence-electron chi connectivity index (χ4n) is 1.56. The second-order valence-corrected chi connectivity index (χ2v) is 3.99. The van der Waals surface area contributed by atoms with Crippen molar-refractivity contribution < 1.29 is 27.4 Å². The third-order valence-electron chi connectivity index (χ3n) is 2.54. The highest BCUT2D eigenvalue weighted by molar-refractivity contribution is 5.96. The summed E-state index contributed by atoms with van der Waals surface area (Å²) in [4.78, 5) is 11.8. The van der Waals surface area contributed by atoms with Crippen LogP contribution in [0.3, 0.4) is 0 Å². The van der Waals surface area contributed by atoms with Gasteiger partial charge in [-0.05, 0) is 18.6 Å². The molecular weight excluding hydrogens is 261 g/mol. The number of carbonyl (C=O) groups excluding carboxylic acids is 1. The van der Waals surface area contributed by atoms with Crippen LogP contribution in [0.5, 0.6) is 11.5 Å². The topological polar surface area (TPSA) is 35.5 Å². The lowest BCUT2D eigenvalue weighted by Crippen LogP contribution is -2.08. The van der Waals surface area contributed by atoms with E-state index in [2.05, 4.69) is 0 Å². The molecule has 0 saturated heterocycles. The largest absolute Gasteiger partial charge is 0.497 e. The number of halogens is 3. The maximum atomic E-state index is 12.0. The number of hydrogen-bond acceptors (Lipinski definition) is 3. The molecule has 0 heterocycles. The fourth-order valence-corrected chi connectivity index (χ4v) is 1.56. The van der Waals surface area contributed by atoms with E-state index < -0.39 is 12.6 Å². The van der Waals surface area contributed by atoms with Crippen LogP contribution in [0.15, 0.2) is 18.2 Å². The van der Waals surface area contributed by atoms with Crippen molar-refractivity contribution >= 4 is 5.78 Å². The van der Waals surface area contributed by atoms with Gasteiger partial charge in [-0.3, -0.25) is 4.79 Å². The van der Waals surface area contributed by atoms with E-state index in [9.17, 15) is 18.0 Å². The molecule has 1 rings (SSSR count). The van der Waals surface area contributed by atoms with Crippen molar-refractivity contribution in [3.05, 3.63) is 23.8 Å². The highest BCUT2D eigenvalue weighted by Gasteiger charge is 2.26. The van der Waals surface area contributed by atoms with Crippen molar-refractivity contribution in [1.82, 2.24) is 0 Å². The summed E-state index contributed by atoms with van der Waals surface area (Å²) < 4.78 is 46.0. The first-order valence-electron chi connectivity index (χ1n) is 5.68. The van der Waals surface area contributed by atoms with Crippen LogP contribution < -0.4 is 9.47 Å². The van der Waals surface area contributed by atoms with Crippen molar-refractivity contribution in [2.75, 3.05) is 14.2 Å². The van der Waals surface area contributed by atoms with E-state index in [0.717, 1.165) is 0 Å². The lowest BCUT2D eigenvalue weighted by molar-refractivity contribution is -0.135. The zero-order valence-electron chi connectivity index (χ0n) is 10.7. The van der Waals surface area contributed by atoms with Gasteiger partial charge < -0.3 is 9.47 Å². The van der Waals surface area contributed by atoms with Crippen LogP contribution in [0.1, 0.15) is 29.6 Å². The Bertz CT molecular complexity index is 419. The fraction of sp³-hybridized carbons (Fsp3) is 0.462. The molecule has 0 aliphatic rings. The molecule has 19 heavy (non-hydrogen) atoms. The number of rotatable bonds is 6. The van der Waals surface area contributed by atoms with Gasteiger partial charge in [0.2, 0.25) is 0 Å². The highest BCUT2D eigenvalue weighted by Crippen LogP contribution is 2.26. The van der Waals surface area contributed by atoms with Gasteiger partial charge in [-0.1, -0.05) is 0 Å². The molecule has 0 bridgehead atoms. The van der Waals surface area contributed by atoms with Gasteiger partial charge in [0, 0.05) is 24.5 Å². The molecule has 106 valence electrons.